The summed E-state index contributed by atoms with van der Waals surface area (Å²) in [6.07, 6.45) is 0. The van der Waals surface area contributed by atoms with E-state index in [0.717, 1.165) is 5.69 Å². The lowest BCUT2D eigenvalue weighted by molar-refractivity contribution is 0.0586. The normalized spacial score (nSPS) is 10.3. The highest BCUT2D eigenvalue weighted by atomic mass is 16.5. The summed E-state index contributed by atoms with van der Waals surface area (Å²) in [6.45, 7) is 3.92. The van der Waals surface area contributed by atoms with Crippen molar-refractivity contribution in [3.05, 3.63) is 17.6 Å². The lowest BCUT2D eigenvalue weighted by Gasteiger charge is -2.06. The summed E-state index contributed by atoms with van der Waals surface area (Å²) in [5.74, 6) is -0.0804. The molecule has 0 spiro atoms. The van der Waals surface area contributed by atoms with E-state index < -0.39 is 5.97 Å². The Hall–Kier alpha value is -1.65. The van der Waals surface area contributed by atoms with Gasteiger partial charge in [-0.15, -0.1) is 0 Å². The van der Waals surface area contributed by atoms with Gasteiger partial charge in [-0.05, 0) is 5.92 Å². The molecule has 1 aromatic rings. The summed E-state index contributed by atoms with van der Waals surface area (Å²) in [4.78, 5) is 19.0. The molecule has 1 aromatic heterocycles. The summed E-state index contributed by atoms with van der Waals surface area (Å²) in [7, 11) is 1.28. The molecule has 5 heteroatoms. The smallest absolute Gasteiger partial charge is 0.376 e. The van der Waals surface area contributed by atoms with Crippen molar-refractivity contribution in [2.75, 3.05) is 12.8 Å². The van der Waals surface area contributed by atoms with Gasteiger partial charge in [0.15, 0.2) is 0 Å². The second-order valence-electron chi connectivity index (χ2n) is 3.19. The molecule has 0 amide bonds. The predicted octanol–water partition coefficient (Wildman–Crippen LogP) is 0.969. The first-order chi connectivity index (χ1) is 6.54. The van der Waals surface area contributed by atoms with E-state index >= 15 is 0 Å². The van der Waals surface area contributed by atoms with E-state index in [0.29, 0.717) is 0 Å². The van der Waals surface area contributed by atoms with Crippen LogP contribution in [0.2, 0.25) is 0 Å². The lowest BCUT2D eigenvalue weighted by Crippen LogP contribution is -2.11. The standard InChI is InChI=1S/C9H13N3O2/c1-5(2)6-4-7(10)12-8(11-6)9(13)14-3/h4-5H,1-3H3,(H2,10,11,12). The van der Waals surface area contributed by atoms with Crippen LogP contribution in [-0.4, -0.2) is 23.0 Å². The van der Waals surface area contributed by atoms with Gasteiger partial charge >= 0.3 is 5.97 Å². The second kappa shape index (κ2) is 4.04. The molecule has 0 saturated heterocycles. The Morgan fingerprint density at radius 2 is 2.14 bits per heavy atom. The number of nitrogens with zero attached hydrogens (tertiary/aromatic N) is 2. The van der Waals surface area contributed by atoms with Crippen LogP contribution in [0.5, 0.6) is 0 Å². The van der Waals surface area contributed by atoms with Gasteiger partial charge in [0.2, 0.25) is 5.82 Å². The average Bonchev–Trinajstić information content (AvgIpc) is 2.15. The monoisotopic (exact) mass is 195 g/mol. The summed E-state index contributed by atoms with van der Waals surface area (Å²) in [6, 6.07) is 1.65. The molecule has 0 saturated carbocycles. The Balaban J connectivity index is 3.13. The zero-order valence-corrected chi connectivity index (χ0v) is 8.44. The quantitative estimate of drug-likeness (QED) is 0.711. The zero-order chi connectivity index (χ0) is 10.7. The zero-order valence-electron chi connectivity index (χ0n) is 8.44. The first-order valence-electron chi connectivity index (χ1n) is 4.27. The molecule has 0 fully saturated rings. The summed E-state index contributed by atoms with van der Waals surface area (Å²) < 4.78 is 4.51. The van der Waals surface area contributed by atoms with E-state index in [1.165, 1.54) is 7.11 Å². The van der Waals surface area contributed by atoms with Gasteiger partial charge in [0.1, 0.15) is 5.82 Å². The predicted molar refractivity (Wildman–Crippen MR) is 51.9 cm³/mol. The molecule has 0 atom stereocenters. The summed E-state index contributed by atoms with van der Waals surface area (Å²) in [5, 5.41) is 0. The number of aromatic nitrogens is 2. The number of nitrogens with two attached hydrogens (primary N) is 1. The number of esters is 1. The minimum atomic E-state index is -0.570. The van der Waals surface area contributed by atoms with Crippen molar-refractivity contribution in [3.63, 3.8) is 0 Å². The van der Waals surface area contributed by atoms with Crippen molar-refractivity contribution in [2.45, 2.75) is 19.8 Å². The van der Waals surface area contributed by atoms with Crippen LogP contribution in [0, 0.1) is 0 Å². The Morgan fingerprint density at radius 1 is 1.50 bits per heavy atom. The SMILES string of the molecule is COC(=O)c1nc(N)cc(C(C)C)n1. The molecule has 14 heavy (non-hydrogen) atoms. The van der Waals surface area contributed by atoms with Crippen LogP contribution in [0.25, 0.3) is 0 Å². The number of carbonyl (C=O) groups excluding carboxylic acids is 1. The molecule has 0 unspecified atom stereocenters. The maximum atomic E-state index is 11.1. The molecule has 0 radical (unpaired) electrons. The number of rotatable bonds is 2. The number of methoxy groups -OCH3 is 1. The molecule has 0 bridgehead atoms. The molecule has 0 aliphatic rings. The minimum Gasteiger partial charge on any atom is -0.463 e. The highest BCUT2D eigenvalue weighted by Crippen LogP contribution is 2.13. The van der Waals surface area contributed by atoms with E-state index in [1.807, 2.05) is 13.8 Å². The van der Waals surface area contributed by atoms with Crippen molar-refractivity contribution in [3.8, 4) is 0 Å². The first kappa shape index (κ1) is 10.4. The van der Waals surface area contributed by atoms with Gasteiger partial charge in [0.05, 0.1) is 7.11 Å². The van der Waals surface area contributed by atoms with Gasteiger partial charge in [0.25, 0.3) is 0 Å². The Bertz CT molecular complexity index is 350. The van der Waals surface area contributed by atoms with Crippen molar-refractivity contribution >= 4 is 11.8 Å². The van der Waals surface area contributed by atoms with Crippen LogP contribution >= 0.6 is 0 Å². The van der Waals surface area contributed by atoms with Gasteiger partial charge in [-0.25, -0.2) is 14.8 Å². The number of anilines is 1. The van der Waals surface area contributed by atoms with Gasteiger partial charge in [-0.1, -0.05) is 13.8 Å². The van der Waals surface area contributed by atoms with E-state index in [-0.39, 0.29) is 17.6 Å². The number of hydrogen-bond acceptors (Lipinski definition) is 5. The van der Waals surface area contributed by atoms with Crippen molar-refractivity contribution in [2.24, 2.45) is 0 Å². The Kier molecular flexibility index (Phi) is 3.01. The molecule has 0 aliphatic heterocycles. The maximum Gasteiger partial charge on any atom is 0.376 e. The third kappa shape index (κ3) is 2.18. The number of hydrogen-bond donors (Lipinski definition) is 1. The van der Waals surface area contributed by atoms with Gasteiger partial charge < -0.3 is 10.5 Å². The number of ether oxygens (including phenoxy) is 1. The van der Waals surface area contributed by atoms with E-state index in [4.69, 9.17) is 5.73 Å². The number of carbonyl (C=O) groups is 1. The third-order valence-corrected chi connectivity index (χ3v) is 1.73. The molecule has 2 N–H and O–H groups in total. The van der Waals surface area contributed by atoms with Crippen LogP contribution in [0.15, 0.2) is 6.07 Å². The van der Waals surface area contributed by atoms with Crippen LogP contribution < -0.4 is 5.73 Å². The topological polar surface area (TPSA) is 78.1 Å². The van der Waals surface area contributed by atoms with Crippen LogP contribution in [0.3, 0.4) is 0 Å². The van der Waals surface area contributed by atoms with Crippen molar-refractivity contribution in [1.29, 1.82) is 0 Å². The lowest BCUT2D eigenvalue weighted by atomic mass is 10.1. The largest absolute Gasteiger partial charge is 0.463 e. The Morgan fingerprint density at radius 3 is 2.64 bits per heavy atom. The highest BCUT2D eigenvalue weighted by molar-refractivity contribution is 5.85. The fourth-order valence-corrected chi connectivity index (χ4v) is 0.964. The van der Waals surface area contributed by atoms with Crippen LogP contribution in [-0.2, 0) is 4.74 Å². The summed E-state index contributed by atoms with van der Waals surface area (Å²) >= 11 is 0. The van der Waals surface area contributed by atoms with E-state index in [1.54, 1.807) is 6.07 Å². The van der Waals surface area contributed by atoms with Gasteiger partial charge in [0, 0.05) is 11.8 Å². The third-order valence-electron chi connectivity index (χ3n) is 1.73. The van der Waals surface area contributed by atoms with Crippen LogP contribution in [0.4, 0.5) is 5.82 Å². The van der Waals surface area contributed by atoms with Crippen molar-refractivity contribution < 1.29 is 9.53 Å². The second-order valence-corrected chi connectivity index (χ2v) is 3.19. The Labute approximate surface area is 82.3 Å². The maximum absolute atomic E-state index is 11.1. The fourth-order valence-electron chi connectivity index (χ4n) is 0.964. The molecule has 0 aliphatic carbocycles. The molecule has 5 nitrogen and oxygen atoms in total. The number of nitrogen functional groups attached to an aromatic ring is 1. The van der Waals surface area contributed by atoms with Gasteiger partial charge in [-0.2, -0.15) is 0 Å². The van der Waals surface area contributed by atoms with E-state index in [9.17, 15) is 4.79 Å². The molecular weight excluding hydrogens is 182 g/mol. The summed E-state index contributed by atoms with van der Waals surface area (Å²) in [5.41, 5.74) is 6.26. The average molecular weight is 195 g/mol. The van der Waals surface area contributed by atoms with Crippen LogP contribution in [0.1, 0.15) is 36.1 Å². The van der Waals surface area contributed by atoms with Gasteiger partial charge in [-0.3, -0.25) is 0 Å². The molecular formula is C9H13N3O2. The fraction of sp³-hybridized carbons (Fsp3) is 0.444. The highest BCUT2D eigenvalue weighted by Gasteiger charge is 2.12. The molecule has 0 aromatic carbocycles. The van der Waals surface area contributed by atoms with E-state index in [2.05, 4.69) is 14.7 Å². The molecule has 76 valence electrons. The first-order valence-corrected chi connectivity index (χ1v) is 4.27. The molecule has 1 heterocycles. The molecule has 1 rings (SSSR count). The van der Waals surface area contributed by atoms with Crippen molar-refractivity contribution in [1.82, 2.24) is 9.97 Å². The minimum absolute atomic E-state index is 0.0104.